The van der Waals surface area contributed by atoms with Gasteiger partial charge >= 0.3 is 0 Å². The number of rotatable bonds is 4. The molecule has 1 aliphatic heterocycles. The maximum absolute atomic E-state index is 5.75. The highest BCUT2D eigenvalue weighted by molar-refractivity contribution is 5.80. The van der Waals surface area contributed by atoms with Gasteiger partial charge in [0.1, 0.15) is 5.58 Å². The van der Waals surface area contributed by atoms with Crippen LogP contribution in [0.25, 0.3) is 11.0 Å². The summed E-state index contributed by atoms with van der Waals surface area (Å²) in [6.45, 7) is 6.08. The summed E-state index contributed by atoms with van der Waals surface area (Å²) in [5.41, 5.74) is 2.11. The van der Waals surface area contributed by atoms with Gasteiger partial charge in [-0.25, -0.2) is 0 Å². The van der Waals surface area contributed by atoms with Crippen LogP contribution < -0.4 is 5.32 Å². The molecule has 0 bridgehead atoms. The molecule has 1 fully saturated rings. The summed E-state index contributed by atoms with van der Waals surface area (Å²) in [7, 11) is 0. The average molecular weight is 261 g/mol. The van der Waals surface area contributed by atoms with E-state index in [0.29, 0.717) is 6.61 Å². The Bertz CT molecular complexity index is 561. The molecule has 4 nitrogen and oxygen atoms in total. The van der Waals surface area contributed by atoms with Crippen LogP contribution in [0.1, 0.15) is 19.4 Å². The van der Waals surface area contributed by atoms with E-state index in [1.165, 1.54) is 10.9 Å². The summed E-state index contributed by atoms with van der Waals surface area (Å²) in [6, 6.07) is 8.07. The SMILES string of the molecule is CC1(C)OCC(CNCc2coc3ccccc23)O1. The summed E-state index contributed by atoms with van der Waals surface area (Å²) in [6.07, 6.45) is 1.93. The van der Waals surface area contributed by atoms with Crippen molar-refractivity contribution in [1.29, 1.82) is 0 Å². The molecule has 1 atom stereocenters. The van der Waals surface area contributed by atoms with Crippen LogP contribution in [0.5, 0.6) is 0 Å². The fourth-order valence-corrected chi connectivity index (χ4v) is 2.40. The molecule has 1 aromatic carbocycles. The predicted molar refractivity (Wildman–Crippen MR) is 72.8 cm³/mol. The quantitative estimate of drug-likeness (QED) is 0.919. The third-order valence-electron chi connectivity index (χ3n) is 3.32. The Hall–Kier alpha value is -1.36. The van der Waals surface area contributed by atoms with Gasteiger partial charge in [0.2, 0.25) is 0 Å². The molecule has 102 valence electrons. The first-order valence-electron chi connectivity index (χ1n) is 6.62. The maximum atomic E-state index is 5.75. The Kier molecular flexibility index (Phi) is 3.31. The normalized spacial score (nSPS) is 22.1. The van der Waals surface area contributed by atoms with E-state index >= 15 is 0 Å². The molecule has 0 spiro atoms. The minimum atomic E-state index is -0.450. The van der Waals surface area contributed by atoms with Gasteiger partial charge in [-0.2, -0.15) is 0 Å². The van der Waals surface area contributed by atoms with Gasteiger partial charge in [0.25, 0.3) is 0 Å². The van der Waals surface area contributed by atoms with E-state index in [4.69, 9.17) is 13.9 Å². The van der Waals surface area contributed by atoms with Gasteiger partial charge in [-0.05, 0) is 19.9 Å². The first-order valence-corrected chi connectivity index (χ1v) is 6.62. The van der Waals surface area contributed by atoms with Gasteiger partial charge in [0.15, 0.2) is 5.79 Å². The smallest absolute Gasteiger partial charge is 0.163 e. The molecule has 1 aromatic heterocycles. The first kappa shape index (κ1) is 12.7. The standard InChI is InChI=1S/C15H19NO3/c1-15(2)18-10-12(19-15)8-16-7-11-9-17-14-6-4-3-5-13(11)14/h3-6,9,12,16H,7-8,10H2,1-2H3. The fraction of sp³-hybridized carbons (Fsp3) is 0.467. The summed E-state index contributed by atoms with van der Waals surface area (Å²) >= 11 is 0. The number of para-hydroxylation sites is 1. The number of hydrogen-bond acceptors (Lipinski definition) is 4. The van der Waals surface area contributed by atoms with E-state index in [-0.39, 0.29) is 6.10 Å². The number of ether oxygens (including phenoxy) is 2. The second kappa shape index (κ2) is 4.96. The van der Waals surface area contributed by atoms with Crippen molar-refractivity contribution in [2.45, 2.75) is 32.3 Å². The van der Waals surface area contributed by atoms with Crippen LogP contribution in [0.4, 0.5) is 0 Å². The Balaban J connectivity index is 1.55. The van der Waals surface area contributed by atoms with Crippen molar-refractivity contribution in [2.75, 3.05) is 13.2 Å². The van der Waals surface area contributed by atoms with E-state index in [9.17, 15) is 0 Å². The van der Waals surface area contributed by atoms with Crippen molar-refractivity contribution in [2.24, 2.45) is 0 Å². The van der Waals surface area contributed by atoms with Crippen LogP contribution in [0.3, 0.4) is 0 Å². The Morgan fingerprint density at radius 3 is 2.95 bits per heavy atom. The Labute approximate surface area is 112 Å². The molecule has 2 aromatic rings. The number of hydrogen-bond donors (Lipinski definition) is 1. The molecule has 0 radical (unpaired) electrons. The average Bonchev–Trinajstić information content (AvgIpc) is 2.94. The molecule has 19 heavy (non-hydrogen) atoms. The molecule has 1 saturated heterocycles. The zero-order valence-corrected chi connectivity index (χ0v) is 11.3. The topological polar surface area (TPSA) is 43.6 Å². The van der Waals surface area contributed by atoms with Gasteiger partial charge in [-0.3, -0.25) is 0 Å². The molecule has 0 amide bonds. The molecule has 2 heterocycles. The van der Waals surface area contributed by atoms with Crippen LogP contribution in [0.2, 0.25) is 0 Å². The van der Waals surface area contributed by atoms with E-state index < -0.39 is 5.79 Å². The van der Waals surface area contributed by atoms with Crippen molar-refractivity contribution in [1.82, 2.24) is 5.32 Å². The highest BCUT2D eigenvalue weighted by Gasteiger charge is 2.32. The van der Waals surface area contributed by atoms with Gasteiger partial charge < -0.3 is 19.2 Å². The monoisotopic (exact) mass is 261 g/mol. The number of nitrogens with one attached hydrogen (secondary N) is 1. The van der Waals surface area contributed by atoms with Crippen molar-refractivity contribution in [3.63, 3.8) is 0 Å². The number of furan rings is 1. The van der Waals surface area contributed by atoms with Gasteiger partial charge in [0.05, 0.1) is 19.0 Å². The molecular weight excluding hydrogens is 242 g/mol. The summed E-state index contributed by atoms with van der Waals surface area (Å²) < 4.78 is 16.8. The lowest BCUT2D eigenvalue weighted by atomic mass is 10.2. The third kappa shape index (κ3) is 2.81. The Morgan fingerprint density at radius 2 is 2.16 bits per heavy atom. The summed E-state index contributed by atoms with van der Waals surface area (Å²) in [5.74, 6) is -0.450. The third-order valence-corrected chi connectivity index (χ3v) is 3.32. The van der Waals surface area contributed by atoms with Crippen molar-refractivity contribution in [3.05, 3.63) is 36.1 Å². The lowest BCUT2D eigenvalue weighted by Gasteiger charge is -2.17. The van der Waals surface area contributed by atoms with Crippen LogP contribution in [0, 0.1) is 0 Å². The predicted octanol–water partition coefficient (Wildman–Crippen LogP) is 2.67. The molecule has 1 unspecified atom stereocenters. The number of benzene rings is 1. The van der Waals surface area contributed by atoms with E-state index in [1.807, 2.05) is 38.3 Å². The number of fused-ring (bicyclic) bond motifs is 1. The molecule has 0 saturated carbocycles. The molecule has 1 aliphatic rings. The molecule has 1 N–H and O–H groups in total. The van der Waals surface area contributed by atoms with Gasteiger partial charge in [-0.15, -0.1) is 0 Å². The zero-order valence-electron chi connectivity index (χ0n) is 11.3. The van der Waals surface area contributed by atoms with Gasteiger partial charge in [0, 0.05) is 24.0 Å². The van der Waals surface area contributed by atoms with E-state index in [2.05, 4.69) is 11.4 Å². The van der Waals surface area contributed by atoms with E-state index in [1.54, 1.807) is 0 Å². The molecular formula is C15H19NO3. The molecule has 4 heteroatoms. The lowest BCUT2D eigenvalue weighted by molar-refractivity contribution is -0.137. The highest BCUT2D eigenvalue weighted by atomic mass is 16.7. The van der Waals surface area contributed by atoms with Gasteiger partial charge in [-0.1, -0.05) is 18.2 Å². The van der Waals surface area contributed by atoms with Crippen LogP contribution in [0.15, 0.2) is 34.9 Å². The fourth-order valence-electron chi connectivity index (χ4n) is 2.40. The van der Waals surface area contributed by atoms with Crippen LogP contribution in [-0.4, -0.2) is 25.0 Å². The second-order valence-corrected chi connectivity index (χ2v) is 5.34. The van der Waals surface area contributed by atoms with E-state index in [0.717, 1.165) is 18.7 Å². The maximum Gasteiger partial charge on any atom is 0.163 e. The summed E-state index contributed by atoms with van der Waals surface area (Å²) in [5, 5.41) is 4.56. The molecule has 3 rings (SSSR count). The minimum Gasteiger partial charge on any atom is -0.464 e. The van der Waals surface area contributed by atoms with Crippen molar-refractivity contribution < 1.29 is 13.9 Å². The second-order valence-electron chi connectivity index (χ2n) is 5.34. The first-order chi connectivity index (χ1) is 9.14. The largest absolute Gasteiger partial charge is 0.464 e. The summed E-state index contributed by atoms with van der Waals surface area (Å²) in [4.78, 5) is 0. The van der Waals surface area contributed by atoms with Crippen molar-refractivity contribution >= 4 is 11.0 Å². The minimum absolute atomic E-state index is 0.119. The van der Waals surface area contributed by atoms with Crippen LogP contribution >= 0.6 is 0 Å². The Morgan fingerprint density at radius 1 is 1.32 bits per heavy atom. The zero-order chi connectivity index (χ0) is 13.3. The van der Waals surface area contributed by atoms with Crippen LogP contribution in [-0.2, 0) is 16.0 Å². The highest BCUT2D eigenvalue weighted by Crippen LogP contribution is 2.22. The molecule has 0 aliphatic carbocycles. The van der Waals surface area contributed by atoms with Crippen molar-refractivity contribution in [3.8, 4) is 0 Å². The lowest BCUT2D eigenvalue weighted by Crippen LogP contribution is -2.30.